The SMILES string of the molecule is CC1(c2ccc3c(c2)OCO3)OC(O)C=CC1=O. The number of hydrogen-bond donors (Lipinski definition) is 1. The van der Waals surface area contributed by atoms with Gasteiger partial charge in [-0.1, -0.05) is 6.07 Å². The molecule has 0 aromatic heterocycles. The minimum atomic E-state index is -1.20. The second kappa shape index (κ2) is 3.83. The van der Waals surface area contributed by atoms with Crippen LogP contribution in [0.15, 0.2) is 30.4 Å². The zero-order valence-electron chi connectivity index (χ0n) is 9.75. The van der Waals surface area contributed by atoms with Gasteiger partial charge in [-0.3, -0.25) is 4.79 Å². The normalized spacial score (nSPS) is 29.7. The number of ether oxygens (including phenoxy) is 3. The van der Waals surface area contributed by atoms with Crippen LogP contribution in [-0.4, -0.2) is 24.0 Å². The molecule has 2 heterocycles. The van der Waals surface area contributed by atoms with Crippen LogP contribution in [0, 0.1) is 0 Å². The summed E-state index contributed by atoms with van der Waals surface area (Å²) in [5.74, 6) is 1.00. The van der Waals surface area contributed by atoms with E-state index in [9.17, 15) is 9.90 Å². The van der Waals surface area contributed by atoms with E-state index in [0.29, 0.717) is 17.1 Å². The number of carbonyl (C=O) groups is 1. The molecule has 5 heteroatoms. The Morgan fingerprint density at radius 3 is 2.94 bits per heavy atom. The van der Waals surface area contributed by atoms with Gasteiger partial charge >= 0.3 is 0 Å². The van der Waals surface area contributed by atoms with Gasteiger partial charge in [0.15, 0.2) is 29.2 Å². The fourth-order valence-electron chi connectivity index (χ4n) is 2.07. The van der Waals surface area contributed by atoms with E-state index in [0.717, 1.165) is 0 Å². The third-order valence-corrected chi connectivity index (χ3v) is 3.16. The van der Waals surface area contributed by atoms with Crippen molar-refractivity contribution in [3.63, 3.8) is 0 Å². The Balaban J connectivity index is 2.03. The summed E-state index contributed by atoms with van der Waals surface area (Å²) in [6, 6.07) is 5.16. The molecule has 0 bridgehead atoms. The smallest absolute Gasteiger partial charge is 0.231 e. The molecule has 2 unspecified atom stereocenters. The predicted octanol–water partition coefficient (Wildman–Crippen LogP) is 1.10. The van der Waals surface area contributed by atoms with Crippen LogP contribution >= 0.6 is 0 Å². The van der Waals surface area contributed by atoms with Crippen molar-refractivity contribution in [2.24, 2.45) is 0 Å². The Morgan fingerprint density at radius 1 is 1.33 bits per heavy atom. The summed E-state index contributed by atoms with van der Waals surface area (Å²) in [4.78, 5) is 12.0. The molecule has 0 spiro atoms. The average molecular weight is 248 g/mol. The Bertz CT molecular complexity index is 536. The summed E-state index contributed by atoms with van der Waals surface area (Å²) in [5, 5.41) is 9.50. The Kier molecular flexibility index (Phi) is 2.39. The van der Waals surface area contributed by atoms with Crippen molar-refractivity contribution in [2.45, 2.75) is 18.8 Å². The quantitative estimate of drug-likeness (QED) is 0.806. The molecule has 2 aliphatic heterocycles. The molecule has 0 fully saturated rings. The second-order valence-electron chi connectivity index (χ2n) is 4.33. The number of benzene rings is 1. The summed E-state index contributed by atoms with van der Waals surface area (Å²) in [6.07, 6.45) is 1.56. The number of aliphatic hydroxyl groups is 1. The molecule has 0 aliphatic carbocycles. The number of fused-ring (bicyclic) bond motifs is 1. The average Bonchev–Trinajstić information content (AvgIpc) is 2.81. The molecule has 5 nitrogen and oxygen atoms in total. The van der Waals surface area contributed by atoms with Gasteiger partial charge in [0.1, 0.15) is 0 Å². The highest BCUT2D eigenvalue weighted by Crippen LogP contribution is 2.38. The third kappa shape index (κ3) is 1.60. The molecule has 0 saturated heterocycles. The standard InChI is InChI=1S/C13H12O5/c1-13(11(14)4-5-12(15)18-13)8-2-3-9-10(6-8)17-7-16-9/h2-6,12,15H,7H2,1H3. The highest BCUT2D eigenvalue weighted by molar-refractivity contribution is 5.98. The second-order valence-corrected chi connectivity index (χ2v) is 4.33. The van der Waals surface area contributed by atoms with Gasteiger partial charge in [-0.15, -0.1) is 0 Å². The molecule has 1 aromatic rings. The van der Waals surface area contributed by atoms with Gasteiger partial charge in [-0.05, 0) is 36.8 Å². The lowest BCUT2D eigenvalue weighted by atomic mass is 9.89. The van der Waals surface area contributed by atoms with Gasteiger partial charge in [0, 0.05) is 0 Å². The lowest BCUT2D eigenvalue weighted by molar-refractivity contribution is -0.177. The van der Waals surface area contributed by atoms with Crippen LogP contribution in [0.3, 0.4) is 0 Å². The molecule has 1 N–H and O–H groups in total. The van der Waals surface area contributed by atoms with Crippen LogP contribution in [0.25, 0.3) is 0 Å². The van der Waals surface area contributed by atoms with Crippen LogP contribution in [0.2, 0.25) is 0 Å². The van der Waals surface area contributed by atoms with Crippen molar-refractivity contribution in [3.05, 3.63) is 35.9 Å². The first-order valence-corrected chi connectivity index (χ1v) is 5.58. The first-order chi connectivity index (χ1) is 8.59. The van der Waals surface area contributed by atoms with Gasteiger partial charge in [0.25, 0.3) is 0 Å². The van der Waals surface area contributed by atoms with Crippen LogP contribution in [0.1, 0.15) is 12.5 Å². The highest BCUT2D eigenvalue weighted by atomic mass is 16.7. The largest absolute Gasteiger partial charge is 0.454 e. The molecule has 2 aliphatic rings. The van der Waals surface area contributed by atoms with Gasteiger partial charge in [0.2, 0.25) is 6.79 Å². The third-order valence-electron chi connectivity index (χ3n) is 3.16. The Labute approximate surface area is 104 Å². The van der Waals surface area contributed by atoms with E-state index in [1.807, 2.05) is 0 Å². The fourth-order valence-corrected chi connectivity index (χ4v) is 2.07. The number of rotatable bonds is 1. The molecule has 0 amide bonds. The summed E-state index contributed by atoms with van der Waals surface area (Å²) in [5.41, 5.74) is -0.574. The van der Waals surface area contributed by atoms with Crippen molar-refractivity contribution in [3.8, 4) is 11.5 Å². The zero-order chi connectivity index (χ0) is 12.8. The molecule has 0 saturated carbocycles. The topological polar surface area (TPSA) is 65.0 Å². The Morgan fingerprint density at radius 2 is 2.11 bits per heavy atom. The highest BCUT2D eigenvalue weighted by Gasteiger charge is 2.39. The van der Waals surface area contributed by atoms with Crippen LogP contribution in [0.4, 0.5) is 0 Å². The van der Waals surface area contributed by atoms with Crippen molar-refractivity contribution in [2.75, 3.05) is 6.79 Å². The number of hydrogen-bond acceptors (Lipinski definition) is 5. The summed E-state index contributed by atoms with van der Waals surface area (Å²) >= 11 is 0. The van der Waals surface area contributed by atoms with Gasteiger partial charge < -0.3 is 19.3 Å². The van der Waals surface area contributed by atoms with E-state index in [4.69, 9.17) is 14.2 Å². The monoisotopic (exact) mass is 248 g/mol. The minimum absolute atomic E-state index is 0.173. The number of ketones is 1. The van der Waals surface area contributed by atoms with E-state index >= 15 is 0 Å². The zero-order valence-corrected chi connectivity index (χ0v) is 9.75. The summed E-state index contributed by atoms with van der Waals surface area (Å²) in [7, 11) is 0. The molecule has 94 valence electrons. The van der Waals surface area contributed by atoms with Crippen molar-refractivity contribution >= 4 is 5.78 Å². The number of aliphatic hydroxyl groups excluding tert-OH is 1. The van der Waals surface area contributed by atoms with Crippen molar-refractivity contribution < 1.29 is 24.1 Å². The van der Waals surface area contributed by atoms with Crippen LogP contribution < -0.4 is 9.47 Å². The maximum absolute atomic E-state index is 12.0. The lowest BCUT2D eigenvalue weighted by Gasteiger charge is -2.32. The Hall–Kier alpha value is -1.85. The first-order valence-electron chi connectivity index (χ1n) is 5.58. The van der Waals surface area contributed by atoms with E-state index < -0.39 is 11.9 Å². The molecule has 3 rings (SSSR count). The lowest BCUT2D eigenvalue weighted by Crippen LogP contribution is -2.40. The molecule has 0 radical (unpaired) electrons. The molecular formula is C13H12O5. The van der Waals surface area contributed by atoms with Gasteiger partial charge in [0.05, 0.1) is 0 Å². The van der Waals surface area contributed by atoms with E-state index in [-0.39, 0.29) is 12.6 Å². The van der Waals surface area contributed by atoms with Gasteiger partial charge in [-0.2, -0.15) is 0 Å². The van der Waals surface area contributed by atoms with E-state index in [2.05, 4.69) is 0 Å². The van der Waals surface area contributed by atoms with Crippen LogP contribution in [-0.2, 0) is 15.1 Å². The van der Waals surface area contributed by atoms with Crippen LogP contribution in [0.5, 0.6) is 11.5 Å². The van der Waals surface area contributed by atoms with E-state index in [1.165, 1.54) is 12.2 Å². The van der Waals surface area contributed by atoms with Crippen molar-refractivity contribution in [1.29, 1.82) is 0 Å². The maximum Gasteiger partial charge on any atom is 0.231 e. The molecule has 18 heavy (non-hydrogen) atoms. The minimum Gasteiger partial charge on any atom is -0.454 e. The predicted molar refractivity (Wildman–Crippen MR) is 61.2 cm³/mol. The first kappa shape index (κ1) is 11.3. The van der Waals surface area contributed by atoms with Gasteiger partial charge in [-0.25, -0.2) is 0 Å². The van der Waals surface area contributed by atoms with E-state index in [1.54, 1.807) is 25.1 Å². The fraction of sp³-hybridized carbons (Fsp3) is 0.308. The summed E-state index contributed by atoms with van der Waals surface area (Å²) < 4.78 is 15.8. The molecule has 2 atom stereocenters. The summed E-state index contributed by atoms with van der Waals surface area (Å²) in [6.45, 7) is 1.80. The molecule has 1 aromatic carbocycles. The number of carbonyl (C=O) groups excluding carboxylic acids is 1. The maximum atomic E-state index is 12.0. The van der Waals surface area contributed by atoms with Crippen molar-refractivity contribution in [1.82, 2.24) is 0 Å². The molecular weight excluding hydrogens is 236 g/mol.